The summed E-state index contributed by atoms with van der Waals surface area (Å²) in [5, 5.41) is 11.5. The van der Waals surface area contributed by atoms with E-state index in [1.807, 2.05) is 43.3 Å². The molecule has 0 bridgehead atoms. The van der Waals surface area contributed by atoms with Crippen molar-refractivity contribution in [3.8, 4) is 0 Å². The Bertz CT molecular complexity index is 737. The predicted molar refractivity (Wildman–Crippen MR) is 122 cm³/mol. The molecule has 1 aromatic rings. The van der Waals surface area contributed by atoms with Crippen LogP contribution in [0.1, 0.15) is 37.9 Å². The smallest absolute Gasteiger partial charge is 0.417 e. The molecule has 0 aromatic heterocycles. The average Bonchev–Trinajstić information content (AvgIpc) is 3.05. The fourth-order valence-electron chi connectivity index (χ4n) is 3.51. The third-order valence-corrected chi connectivity index (χ3v) is 8.16. The number of aliphatic hydroxyl groups is 1. The molecule has 0 unspecified atom stereocenters. The van der Waals surface area contributed by atoms with E-state index in [1.54, 1.807) is 23.5 Å². The highest BCUT2D eigenvalue weighted by Crippen LogP contribution is 2.38. The molecule has 158 valence electrons. The van der Waals surface area contributed by atoms with Crippen LogP contribution in [-0.2, 0) is 9.53 Å². The highest BCUT2D eigenvalue weighted by molar-refractivity contribution is 9.09. The van der Waals surface area contributed by atoms with Crippen LogP contribution in [0.2, 0.25) is 0 Å². The first-order valence-electron chi connectivity index (χ1n) is 9.83. The molecule has 2 fully saturated rings. The number of halogens is 1. The lowest BCUT2D eigenvalue weighted by atomic mass is 9.95. The summed E-state index contributed by atoms with van der Waals surface area (Å²) >= 11 is 6.79. The molecular formula is C21H26BrNO4S2. The molecule has 1 N–H and O–H groups in total. The molecule has 1 aromatic carbocycles. The summed E-state index contributed by atoms with van der Waals surface area (Å²) in [7, 11) is 0. The first-order chi connectivity index (χ1) is 14.0. The van der Waals surface area contributed by atoms with E-state index < -0.39 is 30.3 Å². The monoisotopic (exact) mass is 499 g/mol. The Hall–Kier alpha value is -0.960. The van der Waals surface area contributed by atoms with Gasteiger partial charge in [0.15, 0.2) is 0 Å². The number of carbonyl (C=O) groups is 2. The van der Waals surface area contributed by atoms with E-state index in [1.165, 1.54) is 4.90 Å². The Morgan fingerprint density at radius 2 is 2.03 bits per heavy atom. The summed E-state index contributed by atoms with van der Waals surface area (Å²) in [5.41, 5.74) is 0.858. The minimum Gasteiger partial charge on any atom is -0.439 e. The Balaban J connectivity index is 1.83. The maximum Gasteiger partial charge on any atom is 0.417 e. The fraction of sp³-hybridized carbons (Fsp3) is 0.524. The Morgan fingerprint density at radius 3 is 2.69 bits per heavy atom. The molecule has 0 radical (unpaired) electrons. The van der Waals surface area contributed by atoms with Crippen molar-refractivity contribution in [3.05, 3.63) is 46.2 Å². The van der Waals surface area contributed by atoms with Gasteiger partial charge in [-0.2, -0.15) is 0 Å². The first kappa shape index (κ1) is 22.7. The average molecular weight is 500 g/mol. The van der Waals surface area contributed by atoms with Gasteiger partial charge in [0, 0.05) is 9.57 Å². The second kappa shape index (κ2) is 10.9. The summed E-state index contributed by atoms with van der Waals surface area (Å²) in [4.78, 5) is 27.2. The van der Waals surface area contributed by atoms with Gasteiger partial charge in [0.25, 0.3) is 0 Å². The Labute approximate surface area is 188 Å². The number of amides is 2. The molecule has 2 aliphatic heterocycles. The number of ether oxygens (including phenoxy) is 1. The lowest BCUT2D eigenvalue weighted by Crippen LogP contribution is -2.44. The maximum absolute atomic E-state index is 13.4. The van der Waals surface area contributed by atoms with Gasteiger partial charge in [0.1, 0.15) is 6.10 Å². The van der Waals surface area contributed by atoms with Gasteiger partial charge < -0.3 is 9.84 Å². The van der Waals surface area contributed by atoms with Crippen molar-refractivity contribution in [1.82, 2.24) is 4.90 Å². The maximum atomic E-state index is 13.4. The van der Waals surface area contributed by atoms with Crippen LogP contribution in [-0.4, -0.2) is 51.0 Å². The van der Waals surface area contributed by atoms with E-state index >= 15 is 0 Å². The third-order valence-electron chi connectivity index (χ3n) is 5.06. The molecule has 3 rings (SSSR count). The number of rotatable bonds is 7. The molecule has 4 atom stereocenters. The highest BCUT2D eigenvalue weighted by Gasteiger charge is 2.46. The molecule has 2 amide bonds. The number of carbonyl (C=O) groups excluding carboxylic acids is 2. The van der Waals surface area contributed by atoms with Crippen LogP contribution in [0, 0.1) is 5.92 Å². The molecular weight excluding hydrogens is 474 g/mol. The van der Waals surface area contributed by atoms with Gasteiger partial charge >= 0.3 is 6.09 Å². The number of aliphatic hydroxyl groups excluding tert-OH is 1. The van der Waals surface area contributed by atoms with Crippen molar-refractivity contribution in [3.63, 3.8) is 0 Å². The number of benzene rings is 1. The third kappa shape index (κ3) is 5.60. The second-order valence-electron chi connectivity index (χ2n) is 7.12. The van der Waals surface area contributed by atoms with Gasteiger partial charge in [-0.25, -0.2) is 9.69 Å². The molecule has 5 nitrogen and oxygen atoms in total. The number of hydrogen-bond donors (Lipinski definition) is 1. The minimum atomic E-state index is -0.841. The molecule has 0 spiro atoms. The van der Waals surface area contributed by atoms with Crippen molar-refractivity contribution in [2.24, 2.45) is 5.92 Å². The summed E-state index contributed by atoms with van der Waals surface area (Å²) < 4.78 is 6.59. The zero-order valence-corrected chi connectivity index (χ0v) is 19.5. The van der Waals surface area contributed by atoms with Crippen LogP contribution in [0.25, 0.3) is 0 Å². The van der Waals surface area contributed by atoms with Crippen molar-refractivity contribution in [2.45, 2.75) is 44.4 Å². The molecule has 2 saturated heterocycles. The van der Waals surface area contributed by atoms with Crippen molar-refractivity contribution >= 4 is 51.5 Å². The van der Waals surface area contributed by atoms with Crippen LogP contribution in [0.15, 0.2) is 40.6 Å². The second-order valence-corrected chi connectivity index (χ2v) is 10.4. The fourth-order valence-corrected chi connectivity index (χ4v) is 6.31. The quantitative estimate of drug-likeness (QED) is 0.534. The molecule has 0 saturated carbocycles. The van der Waals surface area contributed by atoms with Crippen LogP contribution >= 0.6 is 39.5 Å². The van der Waals surface area contributed by atoms with E-state index in [9.17, 15) is 14.7 Å². The van der Waals surface area contributed by atoms with Crippen molar-refractivity contribution in [2.75, 3.05) is 16.8 Å². The van der Waals surface area contributed by atoms with E-state index in [4.69, 9.17) is 4.74 Å². The summed E-state index contributed by atoms with van der Waals surface area (Å²) in [6, 6.07) is 9.01. The minimum absolute atomic E-state index is 0.387. The molecule has 29 heavy (non-hydrogen) atoms. The standard InChI is InChI=1S/C21H26BrNO4S2/c1-14-19(15-7-3-2-4-8-15)27-21(26)23(14)20(25)16(17(24)9-5-10-22)13-18-28-11-6-12-29-18/h2-4,7-8,13-14,16-17,19,24H,5-6,9-12H2,1H3/t14-,16-,17+,19-/m1/s1. The Kier molecular flexibility index (Phi) is 8.53. The van der Waals surface area contributed by atoms with Gasteiger partial charge in [-0.05, 0) is 49.3 Å². The van der Waals surface area contributed by atoms with Gasteiger partial charge in [0.05, 0.1) is 18.1 Å². The van der Waals surface area contributed by atoms with Gasteiger partial charge in [0.2, 0.25) is 5.91 Å². The largest absolute Gasteiger partial charge is 0.439 e. The topological polar surface area (TPSA) is 66.8 Å². The number of alkyl halides is 1. The van der Waals surface area contributed by atoms with Crippen molar-refractivity contribution in [1.29, 1.82) is 0 Å². The van der Waals surface area contributed by atoms with Gasteiger partial charge in [-0.15, -0.1) is 23.5 Å². The predicted octanol–water partition coefficient (Wildman–Crippen LogP) is 4.96. The van der Waals surface area contributed by atoms with Gasteiger partial charge in [-0.3, -0.25) is 4.79 Å². The molecule has 8 heteroatoms. The molecule has 0 aliphatic carbocycles. The summed E-state index contributed by atoms with van der Waals surface area (Å²) in [6.45, 7) is 1.82. The zero-order valence-electron chi connectivity index (χ0n) is 16.3. The van der Waals surface area contributed by atoms with Crippen molar-refractivity contribution < 1.29 is 19.4 Å². The number of cyclic esters (lactones) is 1. The number of nitrogens with zero attached hydrogens (tertiary/aromatic N) is 1. The van der Waals surface area contributed by atoms with E-state index in [0.29, 0.717) is 6.42 Å². The first-order valence-corrected chi connectivity index (χ1v) is 12.9. The number of hydrogen-bond acceptors (Lipinski definition) is 6. The lowest BCUT2D eigenvalue weighted by Gasteiger charge is -2.27. The van der Waals surface area contributed by atoms with Crippen LogP contribution in [0.3, 0.4) is 0 Å². The molecule has 2 heterocycles. The lowest BCUT2D eigenvalue weighted by molar-refractivity contribution is -0.135. The van der Waals surface area contributed by atoms with E-state index in [2.05, 4.69) is 15.9 Å². The molecule has 2 aliphatic rings. The van der Waals surface area contributed by atoms with Crippen LogP contribution in [0.4, 0.5) is 4.79 Å². The van der Waals surface area contributed by atoms with Crippen LogP contribution in [0.5, 0.6) is 0 Å². The zero-order chi connectivity index (χ0) is 20.8. The van der Waals surface area contributed by atoms with Crippen LogP contribution < -0.4 is 0 Å². The highest BCUT2D eigenvalue weighted by atomic mass is 79.9. The van der Waals surface area contributed by atoms with Gasteiger partial charge in [-0.1, -0.05) is 46.3 Å². The summed E-state index contributed by atoms with van der Waals surface area (Å²) in [5.74, 6) is 0.874. The SMILES string of the molecule is C[C@@H]1[C@H](c2ccccc2)OC(=O)N1C(=O)[C@H](C=C1SCCCS1)[C@@H](O)CCCBr. The number of thioether (sulfide) groups is 2. The van der Waals surface area contributed by atoms with E-state index in [0.717, 1.165) is 39.5 Å². The Morgan fingerprint density at radius 1 is 1.34 bits per heavy atom. The van der Waals surface area contributed by atoms with E-state index in [-0.39, 0.29) is 5.91 Å². The number of imide groups is 1. The summed E-state index contributed by atoms with van der Waals surface area (Å²) in [6.07, 6.45) is 2.24. The normalized spacial score (nSPS) is 24.2.